The van der Waals surface area contributed by atoms with Crippen molar-refractivity contribution in [1.29, 1.82) is 0 Å². The van der Waals surface area contributed by atoms with E-state index in [1.165, 1.54) is 25.7 Å². The maximum absolute atomic E-state index is 9.24. The Kier molecular flexibility index (Phi) is 5.23. The summed E-state index contributed by atoms with van der Waals surface area (Å²) in [4.78, 5) is 2.37. The highest BCUT2D eigenvalue weighted by Crippen LogP contribution is 2.27. The van der Waals surface area contributed by atoms with E-state index in [9.17, 15) is 5.11 Å². The fraction of sp³-hybridized carbons (Fsp3) is 0.625. The molecule has 2 rings (SSSR count). The van der Waals surface area contributed by atoms with E-state index >= 15 is 0 Å². The van der Waals surface area contributed by atoms with Crippen LogP contribution in [0.15, 0.2) is 18.2 Å². The first-order valence-corrected chi connectivity index (χ1v) is 7.18. The highest BCUT2D eigenvalue weighted by Gasteiger charge is 2.17. The first kappa shape index (κ1) is 14.4. The zero-order chi connectivity index (χ0) is 13.7. The number of methoxy groups -OCH3 is 1. The molecule has 0 saturated heterocycles. The van der Waals surface area contributed by atoms with Gasteiger partial charge in [0.2, 0.25) is 0 Å². The van der Waals surface area contributed by atoms with E-state index in [0.717, 1.165) is 35.9 Å². The lowest BCUT2D eigenvalue weighted by Crippen LogP contribution is -2.24. The van der Waals surface area contributed by atoms with Crippen molar-refractivity contribution < 1.29 is 9.84 Å². The maximum atomic E-state index is 9.24. The molecule has 0 radical (unpaired) electrons. The minimum Gasteiger partial charge on any atom is -0.496 e. The molecule has 0 spiro atoms. The zero-order valence-electron chi connectivity index (χ0n) is 12.1. The van der Waals surface area contributed by atoms with Crippen LogP contribution in [0.4, 0.5) is 0 Å². The van der Waals surface area contributed by atoms with E-state index in [1.54, 1.807) is 7.11 Å². The second kappa shape index (κ2) is 6.92. The minimum absolute atomic E-state index is 0.0866. The van der Waals surface area contributed by atoms with Gasteiger partial charge in [-0.15, -0.1) is 0 Å². The first-order valence-electron chi connectivity index (χ1n) is 7.18. The Morgan fingerprint density at radius 3 is 2.68 bits per heavy atom. The Bertz CT molecular complexity index is 400. The molecule has 1 saturated carbocycles. The summed E-state index contributed by atoms with van der Waals surface area (Å²) in [7, 11) is 3.87. The van der Waals surface area contributed by atoms with Crippen molar-refractivity contribution in [2.45, 2.75) is 38.8 Å². The number of aliphatic hydroxyl groups excluding tert-OH is 1. The lowest BCUT2D eigenvalue weighted by Gasteiger charge is -2.22. The maximum Gasteiger partial charge on any atom is 0.123 e. The van der Waals surface area contributed by atoms with Crippen LogP contribution in [0.3, 0.4) is 0 Å². The van der Waals surface area contributed by atoms with Crippen LogP contribution in [0.2, 0.25) is 0 Å². The van der Waals surface area contributed by atoms with E-state index in [4.69, 9.17) is 4.74 Å². The number of rotatable bonds is 6. The number of hydrogen-bond donors (Lipinski definition) is 1. The summed E-state index contributed by atoms with van der Waals surface area (Å²) in [5.74, 6) is 1.77. The van der Waals surface area contributed by atoms with Crippen molar-refractivity contribution in [2.75, 3.05) is 20.7 Å². The third-order valence-corrected chi connectivity index (χ3v) is 4.01. The lowest BCUT2D eigenvalue weighted by atomic mass is 10.1. The number of hydrogen-bond acceptors (Lipinski definition) is 3. The van der Waals surface area contributed by atoms with Crippen LogP contribution >= 0.6 is 0 Å². The molecule has 0 amide bonds. The average molecular weight is 263 g/mol. The first-order chi connectivity index (χ1) is 9.22. The molecule has 1 N–H and O–H groups in total. The van der Waals surface area contributed by atoms with E-state index in [-0.39, 0.29) is 6.61 Å². The van der Waals surface area contributed by atoms with Gasteiger partial charge in [-0.2, -0.15) is 0 Å². The summed E-state index contributed by atoms with van der Waals surface area (Å²) in [6, 6.07) is 5.91. The Labute approximate surface area is 116 Å². The van der Waals surface area contributed by atoms with Crippen LogP contribution in [0, 0.1) is 5.92 Å². The SMILES string of the molecule is COc1ccc(CO)cc1CN(C)CC1CCCC1. The highest BCUT2D eigenvalue weighted by molar-refractivity contribution is 5.37. The van der Waals surface area contributed by atoms with E-state index in [1.807, 2.05) is 18.2 Å². The molecule has 0 bridgehead atoms. The summed E-state index contributed by atoms with van der Waals surface area (Å²) in [5.41, 5.74) is 2.11. The van der Waals surface area contributed by atoms with Crippen LogP contribution in [0.5, 0.6) is 5.75 Å². The predicted molar refractivity (Wildman–Crippen MR) is 77.2 cm³/mol. The van der Waals surface area contributed by atoms with Gasteiger partial charge in [0.1, 0.15) is 5.75 Å². The Hall–Kier alpha value is -1.06. The van der Waals surface area contributed by atoms with Gasteiger partial charge < -0.3 is 14.7 Å². The Balaban J connectivity index is 1.99. The summed E-state index contributed by atoms with van der Waals surface area (Å²) in [6.07, 6.45) is 5.53. The molecule has 3 heteroatoms. The van der Waals surface area contributed by atoms with Gasteiger partial charge in [0.15, 0.2) is 0 Å². The summed E-state index contributed by atoms with van der Waals surface area (Å²) in [6.45, 7) is 2.13. The molecule has 0 aliphatic heterocycles. The molecule has 0 aromatic heterocycles. The molecule has 1 aromatic carbocycles. The normalized spacial score (nSPS) is 16.2. The standard InChI is InChI=1S/C16H25NO2/c1-17(10-13-5-3-4-6-13)11-15-9-14(12-18)7-8-16(15)19-2/h7-9,13,18H,3-6,10-12H2,1-2H3. The van der Waals surface area contributed by atoms with Gasteiger partial charge in [-0.1, -0.05) is 18.9 Å². The van der Waals surface area contributed by atoms with Gasteiger partial charge in [-0.05, 0) is 43.5 Å². The van der Waals surface area contributed by atoms with Crippen molar-refractivity contribution in [3.8, 4) is 5.75 Å². The lowest BCUT2D eigenvalue weighted by molar-refractivity contribution is 0.265. The zero-order valence-corrected chi connectivity index (χ0v) is 12.1. The van der Waals surface area contributed by atoms with Crippen molar-refractivity contribution in [2.24, 2.45) is 5.92 Å². The van der Waals surface area contributed by atoms with Gasteiger partial charge in [-0.25, -0.2) is 0 Å². The van der Waals surface area contributed by atoms with E-state index in [0.29, 0.717) is 0 Å². The van der Waals surface area contributed by atoms with Crippen molar-refractivity contribution in [3.05, 3.63) is 29.3 Å². The molecule has 0 unspecified atom stereocenters. The quantitative estimate of drug-likeness (QED) is 0.856. The molecule has 19 heavy (non-hydrogen) atoms. The van der Waals surface area contributed by atoms with Crippen LogP contribution in [-0.4, -0.2) is 30.7 Å². The van der Waals surface area contributed by atoms with Crippen LogP contribution in [-0.2, 0) is 13.2 Å². The molecule has 106 valence electrons. The minimum atomic E-state index is 0.0866. The Morgan fingerprint density at radius 2 is 2.05 bits per heavy atom. The predicted octanol–water partition coefficient (Wildman–Crippen LogP) is 2.81. The van der Waals surface area contributed by atoms with Crippen molar-refractivity contribution in [3.63, 3.8) is 0 Å². The molecule has 1 aliphatic carbocycles. The van der Waals surface area contributed by atoms with Gasteiger partial charge in [0.05, 0.1) is 13.7 Å². The molecule has 0 atom stereocenters. The molecule has 1 aliphatic rings. The van der Waals surface area contributed by atoms with Gasteiger partial charge in [-0.3, -0.25) is 0 Å². The fourth-order valence-corrected chi connectivity index (χ4v) is 3.04. The number of ether oxygens (including phenoxy) is 1. The van der Waals surface area contributed by atoms with Crippen molar-refractivity contribution in [1.82, 2.24) is 4.90 Å². The topological polar surface area (TPSA) is 32.7 Å². The summed E-state index contributed by atoms with van der Waals surface area (Å²) >= 11 is 0. The molecular weight excluding hydrogens is 238 g/mol. The molecule has 1 aromatic rings. The van der Waals surface area contributed by atoms with E-state index in [2.05, 4.69) is 11.9 Å². The summed E-state index contributed by atoms with van der Waals surface area (Å²) in [5, 5.41) is 9.24. The Morgan fingerprint density at radius 1 is 1.32 bits per heavy atom. The third-order valence-electron chi connectivity index (χ3n) is 4.01. The average Bonchev–Trinajstić information content (AvgIpc) is 2.91. The smallest absolute Gasteiger partial charge is 0.123 e. The molecule has 0 heterocycles. The van der Waals surface area contributed by atoms with E-state index < -0.39 is 0 Å². The van der Waals surface area contributed by atoms with Crippen LogP contribution in [0.25, 0.3) is 0 Å². The summed E-state index contributed by atoms with van der Waals surface area (Å²) < 4.78 is 5.41. The van der Waals surface area contributed by atoms with Crippen LogP contribution in [0.1, 0.15) is 36.8 Å². The number of nitrogens with zero attached hydrogens (tertiary/aromatic N) is 1. The fourth-order valence-electron chi connectivity index (χ4n) is 3.04. The second-order valence-corrected chi connectivity index (χ2v) is 5.65. The van der Waals surface area contributed by atoms with Gasteiger partial charge in [0, 0.05) is 18.7 Å². The molecular formula is C16H25NO2. The van der Waals surface area contributed by atoms with Gasteiger partial charge in [0.25, 0.3) is 0 Å². The monoisotopic (exact) mass is 263 g/mol. The second-order valence-electron chi connectivity index (χ2n) is 5.65. The number of aliphatic hydroxyl groups is 1. The highest BCUT2D eigenvalue weighted by atomic mass is 16.5. The molecule has 1 fully saturated rings. The van der Waals surface area contributed by atoms with Gasteiger partial charge >= 0.3 is 0 Å². The van der Waals surface area contributed by atoms with Crippen molar-refractivity contribution >= 4 is 0 Å². The largest absolute Gasteiger partial charge is 0.496 e. The third kappa shape index (κ3) is 3.95. The molecule has 3 nitrogen and oxygen atoms in total. The number of benzene rings is 1. The van der Waals surface area contributed by atoms with Crippen LogP contribution < -0.4 is 4.74 Å².